The van der Waals surface area contributed by atoms with Gasteiger partial charge in [-0.05, 0) is 35.7 Å². The quantitative estimate of drug-likeness (QED) is 0.707. The Labute approximate surface area is 165 Å². The summed E-state index contributed by atoms with van der Waals surface area (Å²) >= 11 is 1.71. The predicted molar refractivity (Wildman–Crippen MR) is 100 cm³/mol. The van der Waals surface area contributed by atoms with Gasteiger partial charge in [-0.2, -0.15) is 4.31 Å². The number of hydrogen-bond acceptors (Lipinski definition) is 6. The first kappa shape index (κ1) is 22.0. The highest BCUT2D eigenvalue weighted by Crippen LogP contribution is 2.19. The van der Waals surface area contributed by atoms with Crippen molar-refractivity contribution in [2.75, 3.05) is 26.2 Å². The Kier molecular flexibility index (Phi) is 7.63. The van der Waals surface area contributed by atoms with Crippen LogP contribution >= 0.6 is 11.3 Å². The van der Waals surface area contributed by atoms with Gasteiger partial charge in [0, 0.05) is 37.6 Å². The van der Waals surface area contributed by atoms with Crippen LogP contribution < -0.4 is 0 Å². The third-order valence-corrected chi connectivity index (χ3v) is 6.70. The minimum absolute atomic E-state index is 0.153. The summed E-state index contributed by atoms with van der Waals surface area (Å²) in [6.45, 7) is 3.20. The van der Waals surface area contributed by atoms with Crippen molar-refractivity contribution in [3.05, 3.63) is 52.5 Å². The van der Waals surface area contributed by atoms with E-state index in [-0.39, 0.29) is 4.90 Å². The van der Waals surface area contributed by atoms with Gasteiger partial charge in [-0.1, -0.05) is 6.07 Å². The van der Waals surface area contributed by atoms with Gasteiger partial charge in [0.2, 0.25) is 10.0 Å². The Morgan fingerprint density at radius 3 is 2.04 bits per heavy atom. The van der Waals surface area contributed by atoms with Gasteiger partial charge in [0.1, 0.15) is 5.82 Å². The normalized spacial score (nSPS) is 15.5. The van der Waals surface area contributed by atoms with Gasteiger partial charge in [-0.3, -0.25) is 4.90 Å². The fourth-order valence-electron chi connectivity index (χ4n) is 2.51. The Bertz CT molecular complexity index is 880. The van der Waals surface area contributed by atoms with Gasteiger partial charge < -0.3 is 10.2 Å². The maximum absolute atomic E-state index is 12.9. The first-order valence-electron chi connectivity index (χ1n) is 8.17. The summed E-state index contributed by atoms with van der Waals surface area (Å²) in [5.41, 5.74) is 0. The Morgan fingerprint density at radius 2 is 1.57 bits per heavy atom. The molecule has 28 heavy (non-hydrogen) atoms. The Morgan fingerprint density at radius 1 is 1.00 bits per heavy atom. The van der Waals surface area contributed by atoms with E-state index in [1.54, 1.807) is 11.3 Å². The highest BCUT2D eigenvalue weighted by Gasteiger charge is 2.28. The molecule has 3 rings (SSSR count). The number of nitrogens with zero attached hydrogens (tertiary/aromatic N) is 2. The van der Waals surface area contributed by atoms with Gasteiger partial charge in [-0.15, -0.1) is 11.3 Å². The third kappa shape index (κ3) is 6.09. The molecule has 0 amide bonds. The number of rotatable bonds is 4. The Balaban J connectivity index is 0.000000409. The van der Waals surface area contributed by atoms with E-state index in [1.807, 2.05) is 11.4 Å². The van der Waals surface area contributed by atoms with Crippen molar-refractivity contribution in [3.63, 3.8) is 0 Å². The predicted octanol–water partition coefficient (Wildman–Crippen LogP) is 1.55. The number of carbonyl (C=O) groups is 2. The molecule has 152 valence electrons. The summed E-state index contributed by atoms with van der Waals surface area (Å²) in [4.78, 5) is 21.9. The number of halogens is 1. The molecule has 0 saturated carbocycles. The average Bonchev–Trinajstić information content (AvgIpc) is 3.16. The van der Waals surface area contributed by atoms with Crippen LogP contribution in [0, 0.1) is 5.82 Å². The summed E-state index contributed by atoms with van der Waals surface area (Å²) in [5.74, 6) is -4.08. The van der Waals surface area contributed by atoms with E-state index in [9.17, 15) is 12.8 Å². The summed E-state index contributed by atoms with van der Waals surface area (Å²) < 4.78 is 39.4. The van der Waals surface area contributed by atoms with Gasteiger partial charge in [0.15, 0.2) is 0 Å². The highest BCUT2D eigenvalue weighted by atomic mass is 32.2. The molecule has 1 aromatic carbocycles. The van der Waals surface area contributed by atoms with E-state index in [1.165, 1.54) is 33.4 Å². The number of piperazine rings is 1. The molecule has 8 nitrogen and oxygen atoms in total. The van der Waals surface area contributed by atoms with Crippen LogP contribution in [0.3, 0.4) is 0 Å². The van der Waals surface area contributed by atoms with Gasteiger partial charge >= 0.3 is 11.9 Å². The molecule has 0 atom stereocenters. The lowest BCUT2D eigenvalue weighted by Gasteiger charge is -2.33. The molecule has 0 unspecified atom stereocenters. The molecule has 2 heterocycles. The molecule has 0 bridgehead atoms. The third-order valence-electron chi connectivity index (χ3n) is 3.93. The van der Waals surface area contributed by atoms with Crippen molar-refractivity contribution >= 4 is 33.3 Å². The van der Waals surface area contributed by atoms with Crippen LogP contribution in [-0.2, 0) is 26.2 Å². The minimum atomic E-state index is -3.52. The maximum atomic E-state index is 12.9. The number of benzene rings is 1. The van der Waals surface area contributed by atoms with E-state index >= 15 is 0 Å². The van der Waals surface area contributed by atoms with Crippen molar-refractivity contribution in [1.29, 1.82) is 0 Å². The molecular formula is C17H19FN2O6S2. The number of hydrogen-bond donors (Lipinski definition) is 2. The van der Waals surface area contributed by atoms with E-state index < -0.39 is 27.8 Å². The molecule has 2 aromatic rings. The van der Waals surface area contributed by atoms with Crippen LogP contribution in [0.1, 0.15) is 4.88 Å². The maximum Gasteiger partial charge on any atom is 0.414 e. The van der Waals surface area contributed by atoms with E-state index in [0.717, 1.165) is 6.54 Å². The lowest BCUT2D eigenvalue weighted by Crippen LogP contribution is -2.48. The molecule has 1 aromatic heterocycles. The Hall–Kier alpha value is -2.34. The average molecular weight is 430 g/mol. The van der Waals surface area contributed by atoms with E-state index in [2.05, 4.69) is 11.0 Å². The molecule has 1 fully saturated rings. The largest absolute Gasteiger partial charge is 0.473 e. The topological polar surface area (TPSA) is 115 Å². The second-order valence-electron chi connectivity index (χ2n) is 5.82. The van der Waals surface area contributed by atoms with Crippen molar-refractivity contribution in [2.45, 2.75) is 11.4 Å². The summed E-state index contributed by atoms with van der Waals surface area (Å²) in [5, 5.41) is 16.8. The molecule has 2 N–H and O–H groups in total. The van der Waals surface area contributed by atoms with Gasteiger partial charge in [-0.25, -0.2) is 22.4 Å². The summed E-state index contributed by atoms with van der Waals surface area (Å²) in [7, 11) is -3.52. The first-order chi connectivity index (χ1) is 13.2. The van der Waals surface area contributed by atoms with Crippen LogP contribution in [0.2, 0.25) is 0 Å². The van der Waals surface area contributed by atoms with Crippen LogP contribution in [0.15, 0.2) is 46.7 Å². The lowest BCUT2D eigenvalue weighted by molar-refractivity contribution is -0.159. The molecule has 0 spiro atoms. The van der Waals surface area contributed by atoms with Crippen molar-refractivity contribution < 1.29 is 32.6 Å². The molecular weight excluding hydrogens is 411 g/mol. The standard InChI is InChI=1S/C15H17FN2O2S2.C2H2O4/c16-13-3-5-15(6-4-13)22(19,20)18-9-7-17(8-10-18)12-14-2-1-11-21-14;3-1(4)2(5)6/h1-6,11H,7-10,12H2;(H,3,4)(H,5,6). The SMILES string of the molecule is O=C(O)C(=O)O.O=S(=O)(c1ccc(F)cc1)N1CCN(Cc2cccs2)CC1. The van der Waals surface area contributed by atoms with E-state index in [0.29, 0.717) is 26.2 Å². The highest BCUT2D eigenvalue weighted by molar-refractivity contribution is 7.89. The van der Waals surface area contributed by atoms with Gasteiger partial charge in [0.25, 0.3) is 0 Å². The monoisotopic (exact) mass is 430 g/mol. The first-order valence-corrected chi connectivity index (χ1v) is 10.5. The van der Waals surface area contributed by atoms with E-state index in [4.69, 9.17) is 19.8 Å². The van der Waals surface area contributed by atoms with Crippen molar-refractivity contribution in [3.8, 4) is 0 Å². The van der Waals surface area contributed by atoms with Crippen LogP contribution in [-0.4, -0.2) is 66.0 Å². The zero-order valence-electron chi connectivity index (χ0n) is 14.7. The number of sulfonamides is 1. The van der Waals surface area contributed by atoms with Crippen LogP contribution in [0.4, 0.5) is 4.39 Å². The van der Waals surface area contributed by atoms with Crippen LogP contribution in [0.25, 0.3) is 0 Å². The summed E-state index contributed by atoms with van der Waals surface area (Å²) in [6, 6.07) is 9.12. The number of carboxylic acid groups (broad SMARTS) is 2. The number of aliphatic carboxylic acids is 2. The summed E-state index contributed by atoms with van der Waals surface area (Å²) in [6.07, 6.45) is 0. The fourth-order valence-corrected chi connectivity index (χ4v) is 4.67. The minimum Gasteiger partial charge on any atom is -0.473 e. The fraction of sp³-hybridized carbons (Fsp3) is 0.294. The molecule has 0 radical (unpaired) electrons. The van der Waals surface area contributed by atoms with Crippen molar-refractivity contribution in [2.24, 2.45) is 0 Å². The van der Waals surface area contributed by atoms with Crippen molar-refractivity contribution in [1.82, 2.24) is 9.21 Å². The lowest BCUT2D eigenvalue weighted by atomic mass is 10.3. The zero-order valence-corrected chi connectivity index (χ0v) is 16.3. The number of thiophene rings is 1. The molecule has 1 saturated heterocycles. The van der Waals surface area contributed by atoms with Gasteiger partial charge in [0.05, 0.1) is 4.90 Å². The van der Waals surface area contributed by atoms with Crippen LogP contribution in [0.5, 0.6) is 0 Å². The number of carboxylic acids is 2. The molecule has 0 aliphatic carbocycles. The molecule has 11 heteroatoms. The second kappa shape index (κ2) is 9.73. The molecule has 1 aliphatic heterocycles. The smallest absolute Gasteiger partial charge is 0.414 e. The zero-order chi connectivity index (χ0) is 20.7. The molecule has 1 aliphatic rings. The second-order valence-corrected chi connectivity index (χ2v) is 8.79.